The Bertz CT molecular complexity index is 541. The lowest BCUT2D eigenvalue weighted by atomic mass is 10.2. The molecule has 1 amide bonds. The zero-order valence-electron chi connectivity index (χ0n) is 14.2. The zero-order valence-corrected chi connectivity index (χ0v) is 16.6. The van der Waals surface area contributed by atoms with Crippen molar-refractivity contribution in [3.63, 3.8) is 0 Å². The van der Waals surface area contributed by atoms with Gasteiger partial charge in [-0.3, -0.25) is 9.78 Å². The first-order valence-corrected chi connectivity index (χ1v) is 7.86. The van der Waals surface area contributed by atoms with Crippen molar-refractivity contribution in [2.75, 3.05) is 39.8 Å². The number of hydrogen-bond acceptors (Lipinski definition) is 4. The number of nitrogens with zero attached hydrogens (tertiary/aromatic N) is 4. The number of carbonyl (C=O) groups excluding carboxylic acids is 1. The first-order valence-electron chi connectivity index (χ1n) is 7.86. The first-order chi connectivity index (χ1) is 11.1. The Kier molecular flexibility index (Phi) is 8.98. The second kappa shape index (κ2) is 10.4. The van der Waals surface area contributed by atoms with Gasteiger partial charge in [0.15, 0.2) is 5.96 Å². The van der Waals surface area contributed by atoms with Crippen molar-refractivity contribution >= 4 is 35.8 Å². The van der Waals surface area contributed by atoms with Gasteiger partial charge in [0.25, 0.3) is 0 Å². The number of hydrogen-bond donors (Lipinski definition) is 1. The Morgan fingerprint density at radius 2 is 2.33 bits per heavy atom. The minimum absolute atomic E-state index is 0. The summed E-state index contributed by atoms with van der Waals surface area (Å²) in [6.45, 7) is 4.73. The van der Waals surface area contributed by atoms with E-state index in [1.165, 1.54) is 0 Å². The van der Waals surface area contributed by atoms with Gasteiger partial charge < -0.3 is 20.3 Å². The maximum atomic E-state index is 12.1. The van der Waals surface area contributed by atoms with Crippen LogP contribution in [0, 0.1) is 0 Å². The van der Waals surface area contributed by atoms with Crippen molar-refractivity contribution < 1.29 is 9.53 Å². The topological polar surface area (TPSA) is 84.0 Å². The van der Waals surface area contributed by atoms with Crippen LogP contribution >= 0.6 is 24.0 Å². The van der Waals surface area contributed by atoms with E-state index >= 15 is 0 Å². The summed E-state index contributed by atoms with van der Waals surface area (Å²) in [5.41, 5.74) is 6.93. The lowest BCUT2D eigenvalue weighted by Gasteiger charge is -2.31. The van der Waals surface area contributed by atoms with Crippen LogP contribution in [0.15, 0.2) is 29.4 Å². The number of nitrogens with two attached hydrogens (primary N) is 1. The number of halogens is 1. The van der Waals surface area contributed by atoms with Gasteiger partial charge >= 0.3 is 0 Å². The average molecular weight is 447 g/mol. The number of carbonyl (C=O) groups is 1. The van der Waals surface area contributed by atoms with Gasteiger partial charge in [-0.05, 0) is 19.1 Å². The number of aromatic nitrogens is 1. The second-order valence-corrected chi connectivity index (χ2v) is 5.69. The summed E-state index contributed by atoms with van der Waals surface area (Å²) < 4.78 is 5.46. The first kappa shape index (κ1) is 20.6. The van der Waals surface area contributed by atoms with E-state index in [0.717, 1.165) is 12.1 Å². The Balaban J connectivity index is 0.00000288. The molecule has 0 radical (unpaired) electrons. The molecule has 8 heteroatoms. The molecular weight excluding hydrogens is 421 g/mol. The molecule has 1 aliphatic heterocycles. The number of guanidine groups is 1. The van der Waals surface area contributed by atoms with Gasteiger partial charge in [-0.15, -0.1) is 24.0 Å². The zero-order chi connectivity index (χ0) is 16.7. The lowest BCUT2D eigenvalue weighted by Crippen LogP contribution is -2.48. The molecule has 0 bridgehead atoms. The van der Waals surface area contributed by atoms with Crippen LogP contribution in [0.5, 0.6) is 0 Å². The molecule has 7 nitrogen and oxygen atoms in total. The minimum Gasteiger partial charge on any atom is -0.375 e. The monoisotopic (exact) mass is 447 g/mol. The smallest absolute Gasteiger partial charge is 0.244 e. The van der Waals surface area contributed by atoms with Gasteiger partial charge in [-0.25, -0.2) is 4.99 Å². The van der Waals surface area contributed by atoms with Crippen LogP contribution in [0.25, 0.3) is 0 Å². The van der Waals surface area contributed by atoms with Crippen molar-refractivity contribution in [1.82, 2.24) is 14.8 Å². The summed E-state index contributed by atoms with van der Waals surface area (Å²) in [6, 6.07) is 5.77. The van der Waals surface area contributed by atoms with Crippen LogP contribution < -0.4 is 5.73 Å². The normalized spacial score (nSPS) is 18.0. The summed E-state index contributed by atoms with van der Waals surface area (Å²) in [7, 11) is 1.77. The summed E-state index contributed by atoms with van der Waals surface area (Å²) in [5, 5.41) is 0. The molecule has 2 heterocycles. The third kappa shape index (κ3) is 6.60. The predicted molar refractivity (Wildman–Crippen MR) is 104 cm³/mol. The van der Waals surface area contributed by atoms with Gasteiger partial charge in [0, 0.05) is 45.0 Å². The highest BCUT2D eigenvalue weighted by molar-refractivity contribution is 14.0. The van der Waals surface area contributed by atoms with Gasteiger partial charge in [-0.1, -0.05) is 6.07 Å². The Hall–Kier alpha value is -1.42. The third-order valence-corrected chi connectivity index (χ3v) is 3.80. The molecule has 1 saturated heterocycles. The second-order valence-electron chi connectivity index (χ2n) is 5.69. The van der Waals surface area contributed by atoms with Gasteiger partial charge in [0.1, 0.15) is 6.54 Å². The van der Waals surface area contributed by atoms with E-state index in [0.29, 0.717) is 32.2 Å². The van der Waals surface area contributed by atoms with E-state index in [1.54, 1.807) is 18.1 Å². The number of amides is 1. The van der Waals surface area contributed by atoms with Crippen LogP contribution in [0.3, 0.4) is 0 Å². The Labute approximate surface area is 160 Å². The van der Waals surface area contributed by atoms with Gasteiger partial charge in [-0.2, -0.15) is 0 Å². The fraction of sp³-hybridized carbons (Fsp3) is 0.562. The molecule has 1 aromatic heterocycles. The molecule has 2 rings (SSSR count). The summed E-state index contributed by atoms with van der Waals surface area (Å²) >= 11 is 0. The van der Waals surface area contributed by atoms with Crippen molar-refractivity contribution in [2.24, 2.45) is 10.7 Å². The third-order valence-electron chi connectivity index (χ3n) is 3.80. The fourth-order valence-corrected chi connectivity index (χ4v) is 2.35. The maximum Gasteiger partial charge on any atom is 0.244 e. The Morgan fingerprint density at radius 1 is 1.54 bits per heavy atom. The predicted octanol–water partition coefficient (Wildman–Crippen LogP) is 0.736. The molecular formula is C16H26IN5O2. The molecule has 1 atom stereocenters. The highest BCUT2D eigenvalue weighted by Gasteiger charge is 2.18. The molecule has 1 fully saturated rings. The van der Waals surface area contributed by atoms with Crippen molar-refractivity contribution in [1.29, 1.82) is 0 Å². The largest absolute Gasteiger partial charge is 0.375 e. The van der Waals surface area contributed by atoms with Crippen LogP contribution in [0.1, 0.15) is 12.6 Å². The molecule has 1 aliphatic rings. The Morgan fingerprint density at radius 3 is 3.00 bits per heavy atom. The number of pyridine rings is 1. The minimum atomic E-state index is -0.0508. The van der Waals surface area contributed by atoms with E-state index in [9.17, 15) is 4.79 Å². The van der Waals surface area contributed by atoms with E-state index in [-0.39, 0.29) is 42.5 Å². The standard InChI is InChI=1S/C16H25N5O2.HI/c1-13-12-21(9-10-23-13)16(17)19-11-15(22)20(2)8-6-14-5-3-4-7-18-14;/h3-5,7,13H,6,8-12H2,1-2H3,(H2,17,19);1H. The summed E-state index contributed by atoms with van der Waals surface area (Å²) in [6.07, 6.45) is 2.61. The number of aliphatic imine (C=N–C) groups is 1. The number of likely N-dealkylation sites (N-methyl/N-ethyl adjacent to an activating group) is 1. The van der Waals surface area contributed by atoms with Crippen molar-refractivity contribution in [3.05, 3.63) is 30.1 Å². The number of rotatable bonds is 5. The molecule has 0 aromatic carbocycles. The molecule has 0 spiro atoms. The molecule has 1 aromatic rings. The van der Waals surface area contributed by atoms with Crippen LogP contribution in [0.4, 0.5) is 0 Å². The molecule has 134 valence electrons. The van der Waals surface area contributed by atoms with Gasteiger partial charge in [0.2, 0.25) is 5.91 Å². The van der Waals surface area contributed by atoms with E-state index in [4.69, 9.17) is 10.5 Å². The van der Waals surface area contributed by atoms with Gasteiger partial charge in [0.05, 0.1) is 12.7 Å². The highest BCUT2D eigenvalue weighted by atomic mass is 127. The molecule has 1 unspecified atom stereocenters. The quantitative estimate of drug-likeness (QED) is 0.409. The van der Waals surface area contributed by atoms with E-state index < -0.39 is 0 Å². The number of morpholine rings is 1. The van der Waals surface area contributed by atoms with E-state index in [2.05, 4.69) is 9.98 Å². The SMILES string of the molecule is CC1CN(C(N)=NCC(=O)N(C)CCc2ccccn2)CCO1.I. The molecule has 0 saturated carbocycles. The maximum absolute atomic E-state index is 12.1. The summed E-state index contributed by atoms with van der Waals surface area (Å²) in [5.74, 6) is 0.358. The highest BCUT2D eigenvalue weighted by Crippen LogP contribution is 2.04. The van der Waals surface area contributed by atoms with Crippen LogP contribution in [-0.4, -0.2) is 72.6 Å². The molecule has 2 N–H and O–H groups in total. The molecule has 24 heavy (non-hydrogen) atoms. The average Bonchev–Trinajstić information content (AvgIpc) is 2.58. The van der Waals surface area contributed by atoms with E-state index in [1.807, 2.05) is 30.0 Å². The fourth-order valence-electron chi connectivity index (χ4n) is 2.35. The van der Waals surface area contributed by atoms with Crippen molar-refractivity contribution in [3.8, 4) is 0 Å². The summed E-state index contributed by atoms with van der Waals surface area (Å²) in [4.78, 5) is 24.2. The number of ether oxygens (including phenoxy) is 1. The van der Waals surface area contributed by atoms with Crippen LogP contribution in [-0.2, 0) is 16.0 Å². The van der Waals surface area contributed by atoms with Crippen LogP contribution in [0.2, 0.25) is 0 Å². The molecule has 0 aliphatic carbocycles. The van der Waals surface area contributed by atoms with Crippen molar-refractivity contribution in [2.45, 2.75) is 19.4 Å². The lowest BCUT2D eigenvalue weighted by molar-refractivity contribution is -0.128.